The molecule has 0 atom stereocenters. The molecular weight excluding hydrogens is 606 g/mol. The van der Waals surface area contributed by atoms with E-state index < -0.39 is 0 Å². The number of carbonyl (C=O) groups excluding carboxylic acids is 1. The predicted octanol–water partition coefficient (Wildman–Crippen LogP) is 6.05. The largest absolute Gasteiger partial charge is 0.394 e. The molecule has 0 aliphatic carbocycles. The van der Waals surface area contributed by atoms with E-state index in [1.165, 1.54) is 28.9 Å². The van der Waals surface area contributed by atoms with E-state index >= 15 is 0 Å². The third-order valence-corrected chi connectivity index (χ3v) is 6.40. The van der Waals surface area contributed by atoms with Crippen LogP contribution in [-0.4, -0.2) is 86.8 Å². The van der Waals surface area contributed by atoms with Gasteiger partial charge in [0.25, 0.3) is 0 Å². The van der Waals surface area contributed by atoms with E-state index in [9.17, 15) is 13.6 Å². The van der Waals surface area contributed by atoms with Gasteiger partial charge in [-0.2, -0.15) is 0 Å². The number of rotatable bonds is 15. The van der Waals surface area contributed by atoms with Crippen LogP contribution in [0.5, 0.6) is 0 Å². The van der Waals surface area contributed by atoms with Crippen molar-refractivity contribution in [3.63, 3.8) is 0 Å². The van der Waals surface area contributed by atoms with Crippen molar-refractivity contribution in [2.24, 2.45) is 0 Å². The first-order valence-corrected chi connectivity index (χ1v) is 16.0. The SMILES string of the molecule is CCCN(CCC)C(=O)Cn1nc(-c2ccc(F)cc2)nc1-c1ccc(F)cc1.CCCOCCOCCO.Cc1cc(C)ncn1. The van der Waals surface area contributed by atoms with Gasteiger partial charge in [0.05, 0.1) is 26.4 Å². The fraction of sp³-hybridized carbons (Fsp3) is 0.457. The summed E-state index contributed by atoms with van der Waals surface area (Å²) < 4.78 is 38.2. The van der Waals surface area contributed by atoms with Gasteiger partial charge in [-0.1, -0.05) is 20.8 Å². The number of hydrogen-bond acceptors (Lipinski definition) is 8. The average molecular weight is 655 g/mol. The highest BCUT2D eigenvalue weighted by Gasteiger charge is 2.19. The molecule has 4 rings (SSSR count). The van der Waals surface area contributed by atoms with Gasteiger partial charge in [0, 0.05) is 42.2 Å². The fourth-order valence-corrected chi connectivity index (χ4v) is 4.23. The topological polar surface area (TPSA) is 115 Å². The number of aliphatic hydroxyl groups excluding tert-OH is 1. The Balaban J connectivity index is 0.000000347. The fourth-order valence-electron chi connectivity index (χ4n) is 4.23. The summed E-state index contributed by atoms with van der Waals surface area (Å²) in [7, 11) is 0. The zero-order valence-electron chi connectivity index (χ0n) is 28.2. The zero-order valence-corrected chi connectivity index (χ0v) is 28.2. The Morgan fingerprint density at radius 1 is 0.787 bits per heavy atom. The number of aliphatic hydroxyl groups is 1. The number of carbonyl (C=O) groups is 1. The monoisotopic (exact) mass is 654 g/mol. The molecule has 10 nitrogen and oxygen atoms in total. The van der Waals surface area contributed by atoms with Crippen molar-refractivity contribution in [1.29, 1.82) is 0 Å². The highest BCUT2D eigenvalue weighted by molar-refractivity contribution is 5.77. The first kappa shape index (κ1) is 39.1. The van der Waals surface area contributed by atoms with Crippen LogP contribution in [0.1, 0.15) is 51.4 Å². The van der Waals surface area contributed by atoms with Crippen LogP contribution in [-0.2, 0) is 20.8 Å². The summed E-state index contributed by atoms with van der Waals surface area (Å²) in [5, 5.41) is 12.8. The summed E-state index contributed by atoms with van der Waals surface area (Å²) in [5.74, 6) is 0.0940. The lowest BCUT2D eigenvalue weighted by Gasteiger charge is -2.21. The van der Waals surface area contributed by atoms with E-state index in [1.54, 1.807) is 30.6 Å². The van der Waals surface area contributed by atoms with Crippen LogP contribution in [0, 0.1) is 25.5 Å². The van der Waals surface area contributed by atoms with Crippen molar-refractivity contribution in [2.75, 3.05) is 46.1 Å². The van der Waals surface area contributed by atoms with Crippen molar-refractivity contribution in [2.45, 2.75) is 60.4 Å². The smallest absolute Gasteiger partial charge is 0.244 e. The van der Waals surface area contributed by atoms with Crippen molar-refractivity contribution >= 4 is 5.91 Å². The van der Waals surface area contributed by atoms with E-state index in [0.29, 0.717) is 55.7 Å². The number of halogens is 2. The van der Waals surface area contributed by atoms with E-state index in [1.807, 2.05) is 38.7 Å². The molecule has 0 radical (unpaired) electrons. The number of hydrogen-bond donors (Lipinski definition) is 1. The lowest BCUT2D eigenvalue weighted by atomic mass is 10.2. The maximum atomic E-state index is 13.4. The van der Waals surface area contributed by atoms with E-state index in [4.69, 9.17) is 14.6 Å². The molecule has 256 valence electrons. The van der Waals surface area contributed by atoms with Gasteiger partial charge in [0.1, 0.15) is 24.5 Å². The van der Waals surface area contributed by atoms with Crippen LogP contribution < -0.4 is 0 Å². The number of aromatic nitrogens is 5. The van der Waals surface area contributed by atoms with Gasteiger partial charge in [-0.15, -0.1) is 5.10 Å². The van der Waals surface area contributed by atoms with Crippen LogP contribution in [0.2, 0.25) is 0 Å². The molecule has 0 fully saturated rings. The third-order valence-electron chi connectivity index (χ3n) is 6.40. The molecule has 47 heavy (non-hydrogen) atoms. The molecule has 0 aliphatic rings. The number of benzene rings is 2. The molecule has 4 aromatic rings. The Labute approximate surface area is 276 Å². The first-order chi connectivity index (χ1) is 22.7. The van der Waals surface area contributed by atoms with Gasteiger partial charge in [-0.05, 0) is 87.7 Å². The van der Waals surface area contributed by atoms with Gasteiger partial charge in [-0.25, -0.2) is 28.4 Å². The molecule has 0 spiro atoms. The van der Waals surface area contributed by atoms with E-state index in [0.717, 1.165) is 37.3 Å². The number of aryl methyl sites for hydroxylation is 2. The van der Waals surface area contributed by atoms with Crippen LogP contribution in [0.25, 0.3) is 22.8 Å². The summed E-state index contributed by atoms with van der Waals surface area (Å²) in [6.45, 7) is 13.9. The van der Waals surface area contributed by atoms with Gasteiger partial charge in [0.2, 0.25) is 5.91 Å². The standard InChI is InChI=1S/C22H24F2N4O.C7H16O3.C6H8N2/c1-3-13-27(14-4-2)20(29)15-28-22(17-7-11-19(24)12-8-17)25-21(26-28)16-5-9-18(23)10-6-16;1-2-4-9-6-7-10-5-3-8;1-5-3-6(2)8-4-7-5/h5-12H,3-4,13-15H2,1-2H3;8H,2-7H2,1H3;3-4H,1-2H3. The van der Waals surface area contributed by atoms with E-state index in [2.05, 4.69) is 27.0 Å². The Bertz CT molecular complexity index is 1400. The van der Waals surface area contributed by atoms with Gasteiger partial charge in [-0.3, -0.25) is 4.79 Å². The molecule has 1 amide bonds. The molecule has 12 heteroatoms. The highest BCUT2D eigenvalue weighted by Crippen LogP contribution is 2.23. The molecular formula is C35H48F2N6O4. The number of amides is 1. The second kappa shape index (κ2) is 22.4. The van der Waals surface area contributed by atoms with Crippen molar-refractivity contribution < 1.29 is 28.2 Å². The quantitative estimate of drug-likeness (QED) is 0.154. The minimum absolute atomic E-state index is 0.0287. The Kier molecular flexibility index (Phi) is 18.6. The molecule has 0 saturated carbocycles. The van der Waals surface area contributed by atoms with Crippen LogP contribution in [0.3, 0.4) is 0 Å². The first-order valence-electron chi connectivity index (χ1n) is 16.0. The summed E-state index contributed by atoms with van der Waals surface area (Å²) >= 11 is 0. The lowest BCUT2D eigenvalue weighted by Crippen LogP contribution is -2.35. The second-order valence-electron chi connectivity index (χ2n) is 10.6. The maximum Gasteiger partial charge on any atom is 0.244 e. The minimum atomic E-state index is -0.355. The van der Waals surface area contributed by atoms with E-state index in [-0.39, 0.29) is 30.7 Å². The average Bonchev–Trinajstić information content (AvgIpc) is 3.47. The molecule has 2 aromatic carbocycles. The molecule has 2 heterocycles. The molecule has 0 unspecified atom stereocenters. The minimum Gasteiger partial charge on any atom is -0.394 e. The Hall–Kier alpha value is -4.13. The molecule has 0 aliphatic heterocycles. The normalized spacial score (nSPS) is 10.5. The molecule has 0 saturated heterocycles. The summed E-state index contributed by atoms with van der Waals surface area (Å²) in [5.41, 5.74) is 3.34. The van der Waals surface area contributed by atoms with Crippen molar-refractivity contribution in [3.8, 4) is 22.8 Å². The summed E-state index contributed by atoms with van der Waals surface area (Å²) in [6, 6.07) is 13.7. The lowest BCUT2D eigenvalue weighted by molar-refractivity contribution is -0.132. The molecule has 0 bridgehead atoms. The van der Waals surface area contributed by atoms with Crippen LogP contribution in [0.15, 0.2) is 60.9 Å². The highest BCUT2D eigenvalue weighted by atomic mass is 19.1. The van der Waals surface area contributed by atoms with Gasteiger partial charge >= 0.3 is 0 Å². The van der Waals surface area contributed by atoms with Crippen LogP contribution >= 0.6 is 0 Å². The van der Waals surface area contributed by atoms with Crippen LogP contribution in [0.4, 0.5) is 8.78 Å². The predicted molar refractivity (Wildman–Crippen MR) is 178 cm³/mol. The van der Waals surface area contributed by atoms with Gasteiger partial charge < -0.3 is 19.5 Å². The summed E-state index contributed by atoms with van der Waals surface area (Å²) in [6.07, 6.45) is 4.36. The zero-order chi connectivity index (χ0) is 34.4. The molecule has 1 N–H and O–H groups in total. The van der Waals surface area contributed by atoms with Crippen molar-refractivity contribution in [3.05, 3.63) is 83.9 Å². The number of nitrogens with zero attached hydrogens (tertiary/aromatic N) is 6. The maximum absolute atomic E-state index is 13.4. The Morgan fingerprint density at radius 3 is 1.79 bits per heavy atom. The van der Waals surface area contributed by atoms with Crippen molar-refractivity contribution in [1.82, 2.24) is 29.6 Å². The molecule has 2 aromatic heterocycles. The van der Waals surface area contributed by atoms with Gasteiger partial charge in [0.15, 0.2) is 11.6 Å². The number of ether oxygens (including phenoxy) is 2. The summed E-state index contributed by atoms with van der Waals surface area (Å²) in [4.78, 5) is 27.1. The third kappa shape index (κ3) is 14.9. The Morgan fingerprint density at radius 2 is 1.32 bits per heavy atom. The second-order valence-corrected chi connectivity index (χ2v) is 10.6.